The molecule has 0 radical (unpaired) electrons. The summed E-state index contributed by atoms with van der Waals surface area (Å²) in [6.07, 6.45) is 0. The van der Waals surface area contributed by atoms with Gasteiger partial charge in [-0.3, -0.25) is 0 Å². The van der Waals surface area contributed by atoms with Gasteiger partial charge in [0.2, 0.25) is 0 Å². The standard InChI is InChI=1S/C18H20FNO3S/c1-2-23-12-18(20)16(13-7-6-8-14(19)11-13)17(18)24(21,22)15-9-4-3-5-10-15/h3-11,16-17H,2,12,20H2,1H3/t16-,17+,18-/m1/s1. The summed E-state index contributed by atoms with van der Waals surface area (Å²) in [5.74, 6) is -0.904. The molecule has 128 valence electrons. The van der Waals surface area contributed by atoms with Gasteiger partial charge >= 0.3 is 0 Å². The molecule has 3 atom stereocenters. The zero-order chi connectivity index (χ0) is 17.4. The van der Waals surface area contributed by atoms with Gasteiger partial charge in [-0.2, -0.15) is 0 Å². The van der Waals surface area contributed by atoms with Crippen LogP contribution in [-0.2, 0) is 14.6 Å². The molecule has 6 heteroatoms. The minimum absolute atomic E-state index is 0.113. The van der Waals surface area contributed by atoms with Crippen LogP contribution in [0, 0.1) is 5.82 Å². The topological polar surface area (TPSA) is 69.4 Å². The van der Waals surface area contributed by atoms with Crippen molar-refractivity contribution in [2.75, 3.05) is 13.2 Å². The van der Waals surface area contributed by atoms with E-state index in [1.165, 1.54) is 12.1 Å². The summed E-state index contributed by atoms with van der Waals surface area (Å²) in [6, 6.07) is 14.2. The van der Waals surface area contributed by atoms with Gasteiger partial charge in [-0.05, 0) is 36.8 Å². The van der Waals surface area contributed by atoms with Gasteiger partial charge in [0.15, 0.2) is 9.84 Å². The van der Waals surface area contributed by atoms with Crippen molar-refractivity contribution in [2.24, 2.45) is 5.73 Å². The number of rotatable bonds is 6. The van der Waals surface area contributed by atoms with Crippen molar-refractivity contribution in [2.45, 2.75) is 28.5 Å². The minimum Gasteiger partial charge on any atom is -0.380 e. The van der Waals surface area contributed by atoms with Crippen LogP contribution < -0.4 is 5.73 Å². The predicted octanol–water partition coefficient (Wildman–Crippen LogP) is 2.50. The summed E-state index contributed by atoms with van der Waals surface area (Å²) in [4.78, 5) is 0.222. The van der Waals surface area contributed by atoms with Crippen molar-refractivity contribution in [1.82, 2.24) is 0 Å². The van der Waals surface area contributed by atoms with Crippen molar-refractivity contribution in [1.29, 1.82) is 0 Å². The van der Waals surface area contributed by atoms with Gasteiger partial charge < -0.3 is 10.5 Å². The molecule has 0 heterocycles. The molecular formula is C18H20FNO3S. The molecule has 2 N–H and O–H groups in total. The van der Waals surface area contributed by atoms with Crippen LogP contribution in [0.3, 0.4) is 0 Å². The Hall–Kier alpha value is -1.76. The highest BCUT2D eigenvalue weighted by Crippen LogP contribution is 2.55. The highest BCUT2D eigenvalue weighted by atomic mass is 32.2. The predicted molar refractivity (Wildman–Crippen MR) is 90.0 cm³/mol. The number of hydrogen-bond donors (Lipinski definition) is 1. The van der Waals surface area contributed by atoms with Crippen molar-refractivity contribution >= 4 is 9.84 Å². The van der Waals surface area contributed by atoms with E-state index < -0.39 is 32.4 Å². The van der Waals surface area contributed by atoms with Gasteiger partial charge in [0, 0.05) is 12.5 Å². The van der Waals surface area contributed by atoms with Crippen molar-refractivity contribution < 1.29 is 17.5 Å². The Morgan fingerprint density at radius 3 is 2.50 bits per heavy atom. The second-order valence-corrected chi connectivity index (χ2v) is 8.13. The highest BCUT2D eigenvalue weighted by Gasteiger charge is 2.69. The molecule has 3 rings (SSSR count). The third kappa shape index (κ3) is 2.85. The van der Waals surface area contributed by atoms with E-state index in [0.29, 0.717) is 12.2 Å². The zero-order valence-electron chi connectivity index (χ0n) is 13.4. The Morgan fingerprint density at radius 1 is 1.17 bits per heavy atom. The van der Waals surface area contributed by atoms with Crippen LogP contribution in [-0.4, -0.2) is 32.4 Å². The monoisotopic (exact) mass is 349 g/mol. The van der Waals surface area contributed by atoms with E-state index >= 15 is 0 Å². The molecule has 0 saturated heterocycles. The fourth-order valence-electron chi connectivity index (χ4n) is 3.28. The molecule has 24 heavy (non-hydrogen) atoms. The van der Waals surface area contributed by atoms with E-state index in [2.05, 4.69) is 0 Å². The van der Waals surface area contributed by atoms with Gasteiger partial charge in [-0.25, -0.2) is 12.8 Å². The maximum absolute atomic E-state index is 13.6. The molecule has 4 nitrogen and oxygen atoms in total. The van der Waals surface area contributed by atoms with Gasteiger partial charge in [-0.15, -0.1) is 0 Å². The van der Waals surface area contributed by atoms with Gasteiger partial charge in [0.1, 0.15) is 5.82 Å². The minimum atomic E-state index is -3.64. The second kappa shape index (κ2) is 6.27. The molecule has 0 aromatic heterocycles. The molecule has 0 bridgehead atoms. The van der Waals surface area contributed by atoms with Crippen LogP contribution >= 0.6 is 0 Å². The lowest BCUT2D eigenvalue weighted by atomic mass is 10.1. The third-order valence-corrected chi connectivity index (χ3v) is 6.78. The lowest BCUT2D eigenvalue weighted by Crippen LogP contribution is -2.36. The Morgan fingerprint density at radius 2 is 1.88 bits per heavy atom. The lowest BCUT2D eigenvalue weighted by Gasteiger charge is -2.12. The molecule has 0 aliphatic heterocycles. The molecule has 1 aliphatic carbocycles. The average Bonchev–Trinajstić information content (AvgIpc) is 3.21. The van der Waals surface area contributed by atoms with Crippen LogP contribution in [0.1, 0.15) is 18.4 Å². The Labute approximate surface area is 141 Å². The molecule has 0 unspecified atom stereocenters. The normalized spacial score (nSPS) is 26.3. The van der Waals surface area contributed by atoms with Crippen molar-refractivity contribution in [3.63, 3.8) is 0 Å². The summed E-state index contributed by atoms with van der Waals surface area (Å²) in [5.41, 5.74) is 5.93. The molecule has 1 saturated carbocycles. The molecule has 2 aromatic rings. The first-order valence-corrected chi connectivity index (χ1v) is 9.37. The SMILES string of the molecule is CCOC[C@@]1(N)[C@H](c2cccc(F)c2)[C@@H]1S(=O)(=O)c1ccccc1. The maximum atomic E-state index is 13.6. The van der Waals surface area contributed by atoms with E-state index in [4.69, 9.17) is 10.5 Å². The smallest absolute Gasteiger partial charge is 0.183 e. The fraction of sp³-hybridized carbons (Fsp3) is 0.333. The van der Waals surface area contributed by atoms with E-state index in [-0.39, 0.29) is 11.5 Å². The number of halogens is 1. The first-order chi connectivity index (χ1) is 11.4. The molecule has 1 aliphatic rings. The Balaban J connectivity index is 2.01. The molecular weight excluding hydrogens is 329 g/mol. The quantitative estimate of drug-likeness (QED) is 0.870. The fourth-order valence-corrected chi connectivity index (χ4v) is 5.60. The number of hydrogen-bond acceptors (Lipinski definition) is 4. The maximum Gasteiger partial charge on any atom is 0.183 e. The largest absolute Gasteiger partial charge is 0.380 e. The lowest BCUT2D eigenvalue weighted by molar-refractivity contribution is 0.125. The van der Waals surface area contributed by atoms with Crippen molar-refractivity contribution in [3.8, 4) is 0 Å². The second-order valence-electron chi connectivity index (χ2n) is 6.06. The zero-order valence-corrected chi connectivity index (χ0v) is 14.2. The average molecular weight is 349 g/mol. The molecule has 0 amide bonds. The van der Waals surface area contributed by atoms with Crippen LogP contribution in [0.5, 0.6) is 0 Å². The van der Waals surface area contributed by atoms with Crippen molar-refractivity contribution in [3.05, 3.63) is 66.0 Å². The summed E-state index contributed by atoms with van der Waals surface area (Å²) in [7, 11) is -3.64. The Bertz CT molecular complexity index is 825. The number of benzene rings is 2. The molecule has 2 aromatic carbocycles. The first-order valence-electron chi connectivity index (χ1n) is 7.82. The van der Waals surface area contributed by atoms with E-state index in [1.54, 1.807) is 42.5 Å². The highest BCUT2D eigenvalue weighted by molar-refractivity contribution is 7.92. The summed E-state index contributed by atoms with van der Waals surface area (Å²) < 4.78 is 45.0. The van der Waals surface area contributed by atoms with Crippen LogP contribution in [0.2, 0.25) is 0 Å². The van der Waals surface area contributed by atoms with E-state index in [1.807, 2.05) is 6.92 Å². The van der Waals surface area contributed by atoms with Gasteiger partial charge in [0.05, 0.1) is 22.3 Å². The number of ether oxygens (including phenoxy) is 1. The summed E-state index contributed by atoms with van der Waals surface area (Å²) in [5, 5.41) is -0.833. The van der Waals surface area contributed by atoms with E-state index in [0.717, 1.165) is 0 Å². The van der Waals surface area contributed by atoms with E-state index in [9.17, 15) is 12.8 Å². The van der Waals surface area contributed by atoms with Gasteiger partial charge in [-0.1, -0.05) is 30.3 Å². The van der Waals surface area contributed by atoms with Crippen LogP contribution in [0.25, 0.3) is 0 Å². The number of nitrogens with two attached hydrogens (primary N) is 1. The first kappa shape index (κ1) is 17.1. The van der Waals surface area contributed by atoms with Gasteiger partial charge in [0.25, 0.3) is 0 Å². The third-order valence-electron chi connectivity index (χ3n) is 4.47. The number of sulfone groups is 1. The Kier molecular flexibility index (Phi) is 4.46. The molecule has 1 fully saturated rings. The molecule has 0 spiro atoms. The van der Waals surface area contributed by atoms with Crippen LogP contribution in [0.15, 0.2) is 59.5 Å². The summed E-state index contributed by atoms with van der Waals surface area (Å²) >= 11 is 0. The van der Waals surface area contributed by atoms with Crippen LogP contribution in [0.4, 0.5) is 4.39 Å². The summed E-state index contributed by atoms with van der Waals surface area (Å²) in [6.45, 7) is 2.37.